The first-order chi connectivity index (χ1) is 6.45. The van der Waals surface area contributed by atoms with Crippen LogP contribution in [0.3, 0.4) is 0 Å². The average molecular weight is 192 g/mol. The van der Waals surface area contributed by atoms with Crippen LogP contribution in [0.4, 0.5) is 0 Å². The van der Waals surface area contributed by atoms with E-state index in [9.17, 15) is 5.11 Å². The zero-order valence-corrected chi connectivity index (χ0v) is 9.54. The fraction of sp³-hybridized carbons (Fsp3) is 0.538. The molecule has 0 amide bonds. The second kappa shape index (κ2) is 4.04. The number of benzene rings is 1. The third-order valence-corrected chi connectivity index (χ3v) is 2.75. The predicted molar refractivity (Wildman–Crippen MR) is 60.6 cm³/mol. The molecule has 14 heavy (non-hydrogen) atoms. The maximum atomic E-state index is 9.21. The summed E-state index contributed by atoms with van der Waals surface area (Å²) in [5.41, 5.74) is 1.60. The molecule has 0 aliphatic heterocycles. The van der Waals surface area contributed by atoms with Crippen LogP contribution < -0.4 is 0 Å². The first kappa shape index (κ1) is 11.1. The van der Waals surface area contributed by atoms with Crippen LogP contribution in [0.25, 0.3) is 0 Å². The first-order valence-electron chi connectivity index (χ1n) is 5.24. The summed E-state index contributed by atoms with van der Waals surface area (Å²) in [6.07, 6.45) is 1.13. The SMILES string of the molecule is CCC(c1ccc(O)cc1)C(C)(C)C. The monoisotopic (exact) mass is 192 g/mol. The Morgan fingerprint density at radius 1 is 1.14 bits per heavy atom. The Kier molecular flexibility index (Phi) is 3.20. The second-order valence-electron chi connectivity index (χ2n) is 4.92. The van der Waals surface area contributed by atoms with Gasteiger partial charge in [0.25, 0.3) is 0 Å². The molecule has 0 spiro atoms. The number of phenols is 1. The van der Waals surface area contributed by atoms with Gasteiger partial charge in [-0.15, -0.1) is 0 Å². The summed E-state index contributed by atoms with van der Waals surface area (Å²) in [4.78, 5) is 0. The van der Waals surface area contributed by atoms with Crippen LogP contribution >= 0.6 is 0 Å². The maximum Gasteiger partial charge on any atom is 0.115 e. The molecule has 1 aromatic carbocycles. The van der Waals surface area contributed by atoms with Crippen molar-refractivity contribution in [1.82, 2.24) is 0 Å². The highest BCUT2D eigenvalue weighted by Gasteiger charge is 2.24. The van der Waals surface area contributed by atoms with Crippen LogP contribution in [0.15, 0.2) is 24.3 Å². The summed E-state index contributed by atoms with van der Waals surface area (Å²) in [5.74, 6) is 0.903. The van der Waals surface area contributed by atoms with E-state index in [4.69, 9.17) is 0 Å². The minimum atomic E-state index is 0.283. The Labute approximate surface area is 86.8 Å². The first-order valence-corrected chi connectivity index (χ1v) is 5.24. The molecule has 0 aromatic heterocycles. The van der Waals surface area contributed by atoms with Crippen molar-refractivity contribution in [3.8, 4) is 5.75 Å². The molecule has 78 valence electrons. The molecule has 1 rings (SSSR count). The Morgan fingerprint density at radius 2 is 1.64 bits per heavy atom. The fourth-order valence-electron chi connectivity index (χ4n) is 2.05. The molecule has 0 saturated carbocycles. The van der Waals surface area contributed by atoms with Crippen molar-refractivity contribution in [3.63, 3.8) is 0 Å². The van der Waals surface area contributed by atoms with Crippen molar-refractivity contribution in [1.29, 1.82) is 0 Å². The quantitative estimate of drug-likeness (QED) is 0.752. The molecule has 0 aliphatic rings. The van der Waals surface area contributed by atoms with Gasteiger partial charge in [-0.05, 0) is 35.4 Å². The smallest absolute Gasteiger partial charge is 0.115 e. The van der Waals surface area contributed by atoms with Gasteiger partial charge in [-0.3, -0.25) is 0 Å². The molecule has 0 aliphatic carbocycles. The normalized spacial score (nSPS) is 14.0. The largest absolute Gasteiger partial charge is 0.508 e. The lowest BCUT2D eigenvalue weighted by molar-refractivity contribution is 0.312. The van der Waals surface area contributed by atoms with Gasteiger partial charge in [0.15, 0.2) is 0 Å². The molecule has 1 atom stereocenters. The topological polar surface area (TPSA) is 20.2 Å². The lowest BCUT2D eigenvalue weighted by Crippen LogP contribution is -2.17. The second-order valence-corrected chi connectivity index (χ2v) is 4.92. The van der Waals surface area contributed by atoms with Crippen molar-refractivity contribution in [2.75, 3.05) is 0 Å². The molecule has 0 heterocycles. The van der Waals surface area contributed by atoms with Gasteiger partial charge in [-0.25, -0.2) is 0 Å². The van der Waals surface area contributed by atoms with Gasteiger partial charge in [0.05, 0.1) is 0 Å². The minimum Gasteiger partial charge on any atom is -0.508 e. The standard InChI is InChI=1S/C13H20O/c1-5-12(13(2,3)4)10-6-8-11(14)9-7-10/h6-9,12,14H,5H2,1-4H3. The number of hydrogen-bond acceptors (Lipinski definition) is 1. The highest BCUT2D eigenvalue weighted by molar-refractivity contribution is 5.29. The van der Waals surface area contributed by atoms with Gasteiger partial charge in [-0.1, -0.05) is 39.8 Å². The van der Waals surface area contributed by atoms with Gasteiger partial charge in [0, 0.05) is 0 Å². The summed E-state index contributed by atoms with van der Waals surface area (Å²) >= 11 is 0. The van der Waals surface area contributed by atoms with E-state index in [2.05, 4.69) is 27.7 Å². The van der Waals surface area contributed by atoms with E-state index in [1.165, 1.54) is 5.56 Å². The molecule has 0 fully saturated rings. The summed E-state index contributed by atoms with van der Waals surface area (Å²) in [7, 11) is 0. The lowest BCUT2D eigenvalue weighted by Gasteiger charge is -2.30. The summed E-state index contributed by atoms with van der Waals surface area (Å²) in [6, 6.07) is 7.58. The predicted octanol–water partition coefficient (Wildman–Crippen LogP) is 3.93. The summed E-state index contributed by atoms with van der Waals surface area (Å²) in [5, 5.41) is 9.21. The molecule has 1 nitrogen and oxygen atoms in total. The van der Waals surface area contributed by atoms with Crippen molar-refractivity contribution < 1.29 is 5.11 Å². The molecule has 1 N–H and O–H groups in total. The number of rotatable bonds is 2. The molecule has 1 unspecified atom stereocenters. The maximum absolute atomic E-state index is 9.21. The van der Waals surface area contributed by atoms with Crippen molar-refractivity contribution >= 4 is 0 Å². The van der Waals surface area contributed by atoms with E-state index >= 15 is 0 Å². The highest BCUT2D eigenvalue weighted by Crippen LogP contribution is 2.37. The molecule has 0 radical (unpaired) electrons. The van der Waals surface area contributed by atoms with E-state index in [-0.39, 0.29) is 5.41 Å². The fourth-order valence-corrected chi connectivity index (χ4v) is 2.05. The molecule has 0 bridgehead atoms. The third-order valence-electron chi connectivity index (χ3n) is 2.75. The molecule has 1 heteroatoms. The van der Waals surface area contributed by atoms with E-state index < -0.39 is 0 Å². The average Bonchev–Trinajstić information content (AvgIpc) is 2.07. The summed E-state index contributed by atoms with van der Waals surface area (Å²) in [6.45, 7) is 8.98. The van der Waals surface area contributed by atoms with Crippen LogP contribution in [-0.2, 0) is 0 Å². The Hall–Kier alpha value is -0.980. The van der Waals surface area contributed by atoms with Gasteiger partial charge in [0.1, 0.15) is 5.75 Å². The van der Waals surface area contributed by atoms with Crippen LogP contribution in [0.1, 0.15) is 45.6 Å². The molecular formula is C13H20O. The molecule has 1 aromatic rings. The Morgan fingerprint density at radius 3 is 2.00 bits per heavy atom. The van der Waals surface area contributed by atoms with Crippen molar-refractivity contribution in [3.05, 3.63) is 29.8 Å². The number of hydrogen-bond donors (Lipinski definition) is 1. The Balaban J connectivity index is 2.96. The van der Waals surface area contributed by atoms with E-state index in [0.29, 0.717) is 11.7 Å². The van der Waals surface area contributed by atoms with E-state index in [1.807, 2.05) is 12.1 Å². The van der Waals surface area contributed by atoms with E-state index in [1.54, 1.807) is 12.1 Å². The highest BCUT2D eigenvalue weighted by atomic mass is 16.3. The van der Waals surface area contributed by atoms with Crippen molar-refractivity contribution in [2.45, 2.75) is 40.0 Å². The Bertz CT molecular complexity index is 279. The molecule has 0 saturated heterocycles. The van der Waals surface area contributed by atoms with Gasteiger partial charge < -0.3 is 5.11 Å². The van der Waals surface area contributed by atoms with Crippen LogP contribution in [0.2, 0.25) is 0 Å². The lowest BCUT2D eigenvalue weighted by atomic mass is 9.75. The van der Waals surface area contributed by atoms with Crippen molar-refractivity contribution in [2.24, 2.45) is 5.41 Å². The zero-order chi connectivity index (χ0) is 10.8. The van der Waals surface area contributed by atoms with Gasteiger partial charge in [-0.2, -0.15) is 0 Å². The zero-order valence-electron chi connectivity index (χ0n) is 9.54. The number of aromatic hydroxyl groups is 1. The van der Waals surface area contributed by atoms with Gasteiger partial charge in [0.2, 0.25) is 0 Å². The van der Waals surface area contributed by atoms with Crippen LogP contribution in [0, 0.1) is 5.41 Å². The third kappa shape index (κ3) is 2.50. The van der Waals surface area contributed by atoms with Crippen LogP contribution in [0.5, 0.6) is 5.75 Å². The minimum absolute atomic E-state index is 0.283. The number of phenolic OH excluding ortho intramolecular Hbond substituents is 1. The van der Waals surface area contributed by atoms with E-state index in [0.717, 1.165) is 6.42 Å². The van der Waals surface area contributed by atoms with Crippen LogP contribution in [-0.4, -0.2) is 5.11 Å². The summed E-state index contributed by atoms with van der Waals surface area (Å²) < 4.78 is 0. The molecular weight excluding hydrogens is 172 g/mol. The van der Waals surface area contributed by atoms with Gasteiger partial charge >= 0.3 is 0 Å².